The Balaban J connectivity index is 2.07. The molecule has 0 unspecified atom stereocenters. The summed E-state index contributed by atoms with van der Waals surface area (Å²) in [5.74, 6) is 9.25. The number of thioether (sulfide) groups is 1. The van der Waals surface area contributed by atoms with Crippen molar-refractivity contribution in [2.24, 2.45) is 0 Å². The molecule has 0 radical (unpaired) electrons. The van der Waals surface area contributed by atoms with Crippen LogP contribution in [0.25, 0.3) is 0 Å². The highest BCUT2D eigenvalue weighted by molar-refractivity contribution is 7.99. The number of rotatable bonds is 10. The summed E-state index contributed by atoms with van der Waals surface area (Å²) >= 11 is 2.07. The Morgan fingerprint density at radius 3 is 2.00 bits per heavy atom. The van der Waals surface area contributed by atoms with Gasteiger partial charge in [0.05, 0.1) is 0 Å². The number of hydrogen-bond donors (Lipinski definition) is 0. The summed E-state index contributed by atoms with van der Waals surface area (Å²) in [5, 5.41) is 0. The predicted octanol–water partition coefficient (Wildman–Crippen LogP) is 7.21. The van der Waals surface area contributed by atoms with Crippen LogP contribution in [0.5, 0.6) is 0 Å². The molecule has 1 aromatic carbocycles. The first-order valence-electron chi connectivity index (χ1n) is 9.71. The van der Waals surface area contributed by atoms with Crippen LogP contribution in [0.2, 0.25) is 0 Å². The molecule has 0 aliphatic carbocycles. The Kier molecular flexibility index (Phi) is 11.0. The highest BCUT2D eigenvalue weighted by Gasteiger charge is 2.12. The van der Waals surface area contributed by atoms with Crippen LogP contribution < -0.4 is 0 Å². The summed E-state index contributed by atoms with van der Waals surface area (Å²) in [6, 6.07) is 8.74. The van der Waals surface area contributed by atoms with Crippen LogP contribution in [-0.2, 0) is 5.41 Å². The molecule has 0 heterocycles. The summed E-state index contributed by atoms with van der Waals surface area (Å²) in [4.78, 5) is 0. The van der Waals surface area contributed by atoms with Gasteiger partial charge in [0, 0.05) is 12.0 Å². The van der Waals surface area contributed by atoms with Gasteiger partial charge in [-0.05, 0) is 47.5 Å². The summed E-state index contributed by atoms with van der Waals surface area (Å²) in [7, 11) is 0. The monoisotopic (exact) mass is 344 g/mol. The van der Waals surface area contributed by atoms with E-state index in [4.69, 9.17) is 0 Å². The molecular formula is C23H36S. The third kappa shape index (κ3) is 10.1. The van der Waals surface area contributed by atoms with Gasteiger partial charge in [0.1, 0.15) is 0 Å². The first-order valence-corrected chi connectivity index (χ1v) is 10.9. The topological polar surface area (TPSA) is 0 Å². The Morgan fingerprint density at radius 2 is 1.42 bits per heavy atom. The Hall–Kier alpha value is -0.870. The average Bonchev–Trinajstić information content (AvgIpc) is 2.55. The minimum absolute atomic E-state index is 0.223. The van der Waals surface area contributed by atoms with E-state index in [2.05, 4.69) is 75.6 Å². The molecule has 0 bridgehead atoms. The predicted molar refractivity (Wildman–Crippen MR) is 112 cm³/mol. The lowest BCUT2D eigenvalue weighted by Gasteiger charge is -2.18. The zero-order chi connectivity index (χ0) is 17.7. The van der Waals surface area contributed by atoms with Crippen LogP contribution in [0.1, 0.15) is 90.2 Å². The third-order valence-corrected chi connectivity index (χ3v) is 5.26. The molecule has 0 aliphatic rings. The van der Waals surface area contributed by atoms with Gasteiger partial charge < -0.3 is 0 Å². The molecule has 0 N–H and O–H groups in total. The molecule has 1 heteroatoms. The lowest BCUT2D eigenvalue weighted by Crippen LogP contribution is -2.10. The lowest BCUT2D eigenvalue weighted by molar-refractivity contribution is 0.590. The molecule has 0 amide bonds. The molecule has 0 saturated carbocycles. The van der Waals surface area contributed by atoms with E-state index in [1.807, 2.05) is 0 Å². The molecule has 24 heavy (non-hydrogen) atoms. The van der Waals surface area contributed by atoms with E-state index < -0.39 is 0 Å². The van der Waals surface area contributed by atoms with Gasteiger partial charge in [-0.2, -0.15) is 11.8 Å². The van der Waals surface area contributed by atoms with E-state index in [-0.39, 0.29) is 5.41 Å². The molecule has 0 atom stereocenters. The van der Waals surface area contributed by atoms with E-state index >= 15 is 0 Å². The summed E-state index contributed by atoms with van der Waals surface area (Å²) in [5.41, 5.74) is 2.75. The molecule has 0 saturated heterocycles. The maximum absolute atomic E-state index is 3.33. The second-order valence-corrected chi connectivity index (χ2v) is 8.94. The van der Waals surface area contributed by atoms with E-state index in [0.29, 0.717) is 0 Å². The van der Waals surface area contributed by atoms with Crippen LogP contribution >= 0.6 is 11.8 Å². The van der Waals surface area contributed by atoms with Crippen LogP contribution in [0.3, 0.4) is 0 Å². The van der Waals surface area contributed by atoms with Gasteiger partial charge in [0.25, 0.3) is 0 Å². The molecule has 0 aliphatic heterocycles. The van der Waals surface area contributed by atoms with Crippen molar-refractivity contribution in [3.05, 3.63) is 35.4 Å². The van der Waals surface area contributed by atoms with Crippen molar-refractivity contribution < 1.29 is 0 Å². The van der Waals surface area contributed by atoms with Crippen molar-refractivity contribution in [2.75, 3.05) is 11.5 Å². The third-order valence-electron chi connectivity index (χ3n) is 4.28. The minimum Gasteiger partial charge on any atom is -0.162 e. The smallest absolute Gasteiger partial charge is 0.0245 e. The molecule has 1 aromatic rings. The summed E-state index contributed by atoms with van der Waals surface area (Å²) in [6.45, 7) is 8.99. The van der Waals surface area contributed by atoms with Gasteiger partial charge in [-0.3, -0.25) is 0 Å². The second kappa shape index (κ2) is 12.5. The quantitative estimate of drug-likeness (QED) is 0.319. The van der Waals surface area contributed by atoms with Crippen molar-refractivity contribution in [2.45, 2.75) is 84.5 Å². The molecule has 0 nitrogen and oxygen atoms in total. The Bertz CT molecular complexity index is 481. The molecule has 134 valence electrons. The van der Waals surface area contributed by atoms with Crippen LogP contribution in [0, 0.1) is 11.8 Å². The molecule has 0 fully saturated rings. The van der Waals surface area contributed by atoms with Gasteiger partial charge in [-0.1, -0.05) is 83.8 Å². The highest BCUT2D eigenvalue weighted by Crippen LogP contribution is 2.21. The maximum atomic E-state index is 3.33. The maximum Gasteiger partial charge on any atom is 0.0245 e. The number of hydrogen-bond acceptors (Lipinski definition) is 1. The average molecular weight is 345 g/mol. The zero-order valence-electron chi connectivity index (χ0n) is 16.3. The normalized spacial score (nSPS) is 11.2. The molecule has 1 rings (SSSR count). The van der Waals surface area contributed by atoms with E-state index in [9.17, 15) is 0 Å². The zero-order valence-corrected chi connectivity index (χ0v) is 17.1. The van der Waals surface area contributed by atoms with Gasteiger partial charge in [-0.15, -0.1) is 0 Å². The van der Waals surface area contributed by atoms with Gasteiger partial charge in [0.2, 0.25) is 0 Å². The minimum atomic E-state index is 0.223. The van der Waals surface area contributed by atoms with E-state index in [1.165, 1.54) is 62.0 Å². The standard InChI is InChI=1S/C23H36S/c1-5-24-20-14-12-10-8-6-7-9-11-13-15-21-16-18-22(19-17-21)23(2,3)4/h16-19H,5-12,14,20H2,1-4H3. The fraction of sp³-hybridized carbons (Fsp3) is 0.652. The fourth-order valence-electron chi connectivity index (χ4n) is 2.66. The number of benzene rings is 1. The van der Waals surface area contributed by atoms with Crippen molar-refractivity contribution in [1.29, 1.82) is 0 Å². The van der Waals surface area contributed by atoms with Crippen molar-refractivity contribution in [3.63, 3.8) is 0 Å². The lowest BCUT2D eigenvalue weighted by atomic mass is 9.87. The fourth-order valence-corrected chi connectivity index (χ4v) is 3.36. The van der Waals surface area contributed by atoms with Crippen LogP contribution in [0.15, 0.2) is 24.3 Å². The summed E-state index contributed by atoms with van der Waals surface area (Å²) < 4.78 is 0. The second-order valence-electron chi connectivity index (χ2n) is 7.55. The van der Waals surface area contributed by atoms with E-state index in [0.717, 1.165) is 12.0 Å². The van der Waals surface area contributed by atoms with Crippen LogP contribution in [0.4, 0.5) is 0 Å². The van der Waals surface area contributed by atoms with Crippen LogP contribution in [-0.4, -0.2) is 11.5 Å². The summed E-state index contributed by atoms with van der Waals surface area (Å²) in [6.07, 6.45) is 10.6. The van der Waals surface area contributed by atoms with Crippen molar-refractivity contribution >= 4 is 11.8 Å². The Morgan fingerprint density at radius 1 is 0.833 bits per heavy atom. The molecule has 0 spiro atoms. The van der Waals surface area contributed by atoms with Gasteiger partial charge >= 0.3 is 0 Å². The van der Waals surface area contributed by atoms with Crippen molar-refractivity contribution in [1.82, 2.24) is 0 Å². The Labute approximate surface area is 155 Å². The highest BCUT2D eigenvalue weighted by atomic mass is 32.2. The van der Waals surface area contributed by atoms with Crippen molar-refractivity contribution in [3.8, 4) is 11.8 Å². The largest absolute Gasteiger partial charge is 0.162 e. The number of unbranched alkanes of at least 4 members (excludes halogenated alkanes) is 7. The van der Waals surface area contributed by atoms with Gasteiger partial charge in [-0.25, -0.2) is 0 Å². The van der Waals surface area contributed by atoms with E-state index in [1.54, 1.807) is 0 Å². The first kappa shape index (κ1) is 21.2. The molecular weight excluding hydrogens is 308 g/mol. The first-order chi connectivity index (χ1) is 11.5. The SMILES string of the molecule is CCSCCCCCCCCCC#Cc1ccc(C(C)(C)C)cc1. The molecule has 0 aromatic heterocycles. The van der Waals surface area contributed by atoms with Gasteiger partial charge in [0.15, 0.2) is 0 Å².